The maximum absolute atomic E-state index is 10.7. The van der Waals surface area contributed by atoms with Gasteiger partial charge in [-0.15, -0.1) is 0 Å². The Labute approximate surface area is 111 Å². The molecule has 0 aromatic heterocycles. The lowest BCUT2D eigenvalue weighted by molar-refractivity contribution is -0.0387. The highest BCUT2D eigenvalue weighted by molar-refractivity contribution is 5.14. The van der Waals surface area contributed by atoms with E-state index in [0.717, 1.165) is 32.1 Å². The molecular weight excluding hydrogens is 220 g/mol. The Morgan fingerprint density at radius 1 is 1.11 bits per heavy atom. The van der Waals surface area contributed by atoms with E-state index in [-0.39, 0.29) is 0 Å². The molecule has 0 radical (unpaired) electrons. The summed E-state index contributed by atoms with van der Waals surface area (Å²) >= 11 is 0. The quantitative estimate of drug-likeness (QED) is 0.844. The smallest absolute Gasteiger partial charge is 0.0653 e. The fourth-order valence-electron chi connectivity index (χ4n) is 3.70. The van der Waals surface area contributed by atoms with Gasteiger partial charge in [-0.1, -0.05) is 44.2 Å². The summed E-state index contributed by atoms with van der Waals surface area (Å²) in [6.45, 7) is 4.55. The topological polar surface area (TPSA) is 20.2 Å². The summed E-state index contributed by atoms with van der Waals surface area (Å²) in [6, 6.07) is 10.6. The second-order valence-electron chi connectivity index (χ2n) is 6.42. The lowest BCUT2D eigenvalue weighted by Gasteiger charge is -2.39. The van der Waals surface area contributed by atoms with Gasteiger partial charge >= 0.3 is 0 Å². The van der Waals surface area contributed by atoms with Gasteiger partial charge < -0.3 is 5.11 Å². The fraction of sp³-hybridized carbons (Fsp3) is 0.647. The van der Waals surface area contributed by atoms with E-state index in [4.69, 9.17) is 0 Å². The molecule has 1 aliphatic carbocycles. The first kappa shape index (κ1) is 13.6. The standard InChI is InChI=1S/C17H26O/c1-14-11-15(2)13-17(18,12-14)10-6-9-16-7-4-3-5-8-16/h3-5,7-8,14-15,18H,6,9-13H2,1-2H3. The Morgan fingerprint density at radius 3 is 2.33 bits per heavy atom. The first-order chi connectivity index (χ1) is 8.57. The van der Waals surface area contributed by atoms with Crippen molar-refractivity contribution >= 4 is 0 Å². The summed E-state index contributed by atoms with van der Waals surface area (Å²) in [4.78, 5) is 0. The van der Waals surface area contributed by atoms with Crippen molar-refractivity contribution in [2.45, 2.75) is 58.0 Å². The molecule has 1 heteroatoms. The minimum atomic E-state index is -0.397. The predicted molar refractivity (Wildman–Crippen MR) is 76.5 cm³/mol. The number of benzene rings is 1. The van der Waals surface area contributed by atoms with Crippen molar-refractivity contribution in [3.63, 3.8) is 0 Å². The zero-order valence-electron chi connectivity index (χ0n) is 11.7. The number of rotatable bonds is 4. The van der Waals surface area contributed by atoms with Gasteiger partial charge in [-0.25, -0.2) is 0 Å². The summed E-state index contributed by atoms with van der Waals surface area (Å²) < 4.78 is 0. The molecule has 1 aromatic rings. The monoisotopic (exact) mass is 246 g/mol. The Bertz CT molecular complexity index is 347. The molecule has 0 aliphatic heterocycles. The van der Waals surface area contributed by atoms with Gasteiger partial charge in [0.1, 0.15) is 0 Å². The molecule has 0 bridgehead atoms. The minimum Gasteiger partial charge on any atom is -0.390 e. The van der Waals surface area contributed by atoms with Gasteiger partial charge in [-0.3, -0.25) is 0 Å². The number of hydrogen-bond acceptors (Lipinski definition) is 1. The van der Waals surface area contributed by atoms with Crippen molar-refractivity contribution in [2.24, 2.45) is 11.8 Å². The highest BCUT2D eigenvalue weighted by Crippen LogP contribution is 2.38. The molecule has 1 saturated carbocycles. The third-order valence-corrected chi connectivity index (χ3v) is 4.21. The molecule has 100 valence electrons. The molecule has 1 nitrogen and oxygen atoms in total. The molecule has 2 atom stereocenters. The van der Waals surface area contributed by atoms with Crippen molar-refractivity contribution in [1.82, 2.24) is 0 Å². The molecule has 2 rings (SSSR count). The first-order valence-electron chi connectivity index (χ1n) is 7.34. The molecule has 0 saturated heterocycles. The van der Waals surface area contributed by atoms with E-state index < -0.39 is 5.60 Å². The summed E-state index contributed by atoms with van der Waals surface area (Å²) in [5, 5.41) is 10.7. The lowest BCUT2D eigenvalue weighted by atomic mass is 9.72. The van der Waals surface area contributed by atoms with Gasteiger partial charge in [0.25, 0.3) is 0 Å². The maximum Gasteiger partial charge on any atom is 0.0653 e. The van der Waals surface area contributed by atoms with Crippen LogP contribution in [0, 0.1) is 11.8 Å². The van der Waals surface area contributed by atoms with Crippen LogP contribution >= 0.6 is 0 Å². The van der Waals surface area contributed by atoms with Crippen LogP contribution in [0.25, 0.3) is 0 Å². The van der Waals surface area contributed by atoms with Crippen LogP contribution in [0.4, 0.5) is 0 Å². The van der Waals surface area contributed by atoms with Crippen molar-refractivity contribution < 1.29 is 5.11 Å². The fourth-order valence-corrected chi connectivity index (χ4v) is 3.70. The van der Waals surface area contributed by atoms with E-state index in [9.17, 15) is 5.11 Å². The number of aliphatic hydroxyl groups is 1. The van der Waals surface area contributed by atoms with Gasteiger partial charge in [0.15, 0.2) is 0 Å². The van der Waals surface area contributed by atoms with E-state index in [1.54, 1.807) is 0 Å². The van der Waals surface area contributed by atoms with Crippen LogP contribution < -0.4 is 0 Å². The van der Waals surface area contributed by atoms with Gasteiger partial charge in [0, 0.05) is 0 Å². The molecule has 1 N–H and O–H groups in total. The van der Waals surface area contributed by atoms with Crippen LogP contribution in [0.1, 0.15) is 51.5 Å². The molecule has 2 unspecified atom stereocenters. The van der Waals surface area contributed by atoms with Gasteiger partial charge in [0.2, 0.25) is 0 Å². The first-order valence-corrected chi connectivity index (χ1v) is 7.34. The van der Waals surface area contributed by atoms with Crippen LogP contribution in [-0.2, 0) is 6.42 Å². The van der Waals surface area contributed by atoms with Crippen LogP contribution in [0.5, 0.6) is 0 Å². The van der Waals surface area contributed by atoms with Gasteiger partial charge in [-0.05, 0) is 55.9 Å². The average Bonchev–Trinajstić information content (AvgIpc) is 2.28. The van der Waals surface area contributed by atoms with Crippen LogP contribution in [0.15, 0.2) is 30.3 Å². The third-order valence-electron chi connectivity index (χ3n) is 4.21. The van der Waals surface area contributed by atoms with E-state index >= 15 is 0 Å². The van der Waals surface area contributed by atoms with Crippen LogP contribution in [0.3, 0.4) is 0 Å². The summed E-state index contributed by atoms with van der Waals surface area (Å²) in [5.41, 5.74) is 0.990. The van der Waals surface area contributed by atoms with Gasteiger partial charge in [0.05, 0.1) is 5.60 Å². The lowest BCUT2D eigenvalue weighted by Crippen LogP contribution is -2.37. The second kappa shape index (κ2) is 5.88. The summed E-state index contributed by atoms with van der Waals surface area (Å²) in [5.74, 6) is 1.35. The molecule has 0 amide bonds. The SMILES string of the molecule is CC1CC(C)CC(O)(CCCc2ccccc2)C1. The Hall–Kier alpha value is -0.820. The van der Waals surface area contributed by atoms with Crippen molar-refractivity contribution in [1.29, 1.82) is 0 Å². The molecule has 1 aromatic carbocycles. The highest BCUT2D eigenvalue weighted by Gasteiger charge is 2.35. The predicted octanol–water partition coefficient (Wildman–Crippen LogP) is 4.20. The zero-order valence-corrected chi connectivity index (χ0v) is 11.7. The zero-order chi connectivity index (χ0) is 13.0. The normalized spacial score (nSPS) is 32.4. The third kappa shape index (κ3) is 3.84. The summed E-state index contributed by atoms with van der Waals surface area (Å²) in [7, 11) is 0. The van der Waals surface area contributed by atoms with Gasteiger partial charge in [-0.2, -0.15) is 0 Å². The largest absolute Gasteiger partial charge is 0.390 e. The Kier molecular flexibility index (Phi) is 4.45. The van der Waals surface area contributed by atoms with E-state index in [1.165, 1.54) is 12.0 Å². The van der Waals surface area contributed by atoms with Crippen molar-refractivity contribution in [3.05, 3.63) is 35.9 Å². The Balaban J connectivity index is 1.82. The Morgan fingerprint density at radius 2 is 1.72 bits per heavy atom. The van der Waals surface area contributed by atoms with E-state index in [0.29, 0.717) is 11.8 Å². The molecule has 1 aliphatic rings. The number of hydrogen-bond donors (Lipinski definition) is 1. The van der Waals surface area contributed by atoms with Crippen molar-refractivity contribution in [3.8, 4) is 0 Å². The van der Waals surface area contributed by atoms with Crippen molar-refractivity contribution in [2.75, 3.05) is 0 Å². The second-order valence-corrected chi connectivity index (χ2v) is 6.42. The van der Waals surface area contributed by atoms with Crippen LogP contribution in [-0.4, -0.2) is 10.7 Å². The summed E-state index contributed by atoms with van der Waals surface area (Å²) in [6.07, 6.45) is 6.40. The minimum absolute atomic E-state index is 0.397. The average molecular weight is 246 g/mol. The molecule has 0 heterocycles. The number of aryl methyl sites for hydroxylation is 1. The molecule has 18 heavy (non-hydrogen) atoms. The highest BCUT2D eigenvalue weighted by atomic mass is 16.3. The van der Waals surface area contributed by atoms with E-state index in [2.05, 4.69) is 44.2 Å². The molecule has 0 spiro atoms. The molecule has 1 fully saturated rings. The van der Waals surface area contributed by atoms with E-state index in [1.807, 2.05) is 0 Å². The molecular formula is C17H26O. The maximum atomic E-state index is 10.7. The van der Waals surface area contributed by atoms with Crippen LogP contribution in [0.2, 0.25) is 0 Å².